The van der Waals surface area contributed by atoms with Crippen LogP contribution in [0.2, 0.25) is 0 Å². The Hall–Kier alpha value is -2.08. The lowest BCUT2D eigenvalue weighted by atomic mass is 10.1. The molecule has 0 spiro atoms. The van der Waals surface area contributed by atoms with Crippen LogP contribution in [0, 0.1) is 6.92 Å². The summed E-state index contributed by atoms with van der Waals surface area (Å²) in [5.41, 5.74) is 7.90. The van der Waals surface area contributed by atoms with Crippen LogP contribution in [0.3, 0.4) is 0 Å². The summed E-state index contributed by atoms with van der Waals surface area (Å²) in [7, 11) is 1.50. The molecule has 0 bridgehead atoms. The fraction of sp³-hybridized carbons (Fsp3) is 0.467. The summed E-state index contributed by atoms with van der Waals surface area (Å²) in [6.07, 6.45) is 0. The Morgan fingerprint density at radius 2 is 1.81 bits per heavy atom. The lowest BCUT2D eigenvalue weighted by Gasteiger charge is -2.35. The number of benzene rings is 1. The van der Waals surface area contributed by atoms with E-state index in [2.05, 4.69) is 0 Å². The van der Waals surface area contributed by atoms with Crippen molar-refractivity contribution >= 4 is 17.5 Å². The Morgan fingerprint density at radius 3 is 2.43 bits per heavy atom. The molecule has 1 aliphatic rings. The summed E-state index contributed by atoms with van der Waals surface area (Å²) >= 11 is 0. The molecule has 0 aliphatic carbocycles. The van der Waals surface area contributed by atoms with Crippen molar-refractivity contribution in [2.75, 3.05) is 45.6 Å². The van der Waals surface area contributed by atoms with Crippen molar-refractivity contribution in [2.24, 2.45) is 0 Å². The smallest absolute Gasteiger partial charge is 0.254 e. The van der Waals surface area contributed by atoms with Crippen LogP contribution in [0.1, 0.15) is 15.9 Å². The topological polar surface area (TPSA) is 75.9 Å². The number of nitrogens with two attached hydrogens (primary N) is 1. The van der Waals surface area contributed by atoms with Crippen molar-refractivity contribution in [3.63, 3.8) is 0 Å². The minimum Gasteiger partial charge on any atom is -0.398 e. The molecule has 1 aromatic rings. The third-order valence-electron chi connectivity index (χ3n) is 3.79. The monoisotopic (exact) mass is 291 g/mol. The van der Waals surface area contributed by atoms with E-state index in [9.17, 15) is 9.59 Å². The fourth-order valence-electron chi connectivity index (χ4n) is 2.43. The molecule has 114 valence electrons. The zero-order chi connectivity index (χ0) is 15.4. The number of methoxy groups -OCH3 is 1. The maximum atomic E-state index is 12.5. The molecule has 2 rings (SSSR count). The van der Waals surface area contributed by atoms with Crippen LogP contribution in [0.25, 0.3) is 0 Å². The Balaban J connectivity index is 2.00. The molecule has 2 amide bonds. The van der Waals surface area contributed by atoms with Crippen LogP contribution >= 0.6 is 0 Å². The largest absolute Gasteiger partial charge is 0.398 e. The van der Waals surface area contributed by atoms with E-state index in [1.165, 1.54) is 7.11 Å². The van der Waals surface area contributed by atoms with Gasteiger partial charge in [0, 0.05) is 44.5 Å². The zero-order valence-electron chi connectivity index (χ0n) is 12.5. The third kappa shape index (κ3) is 3.33. The molecule has 0 aromatic heterocycles. The molecule has 0 saturated carbocycles. The third-order valence-corrected chi connectivity index (χ3v) is 3.79. The fourth-order valence-corrected chi connectivity index (χ4v) is 2.43. The molecular weight excluding hydrogens is 270 g/mol. The molecular formula is C15H21N3O3. The highest BCUT2D eigenvalue weighted by molar-refractivity contribution is 5.97. The second-order valence-electron chi connectivity index (χ2n) is 5.13. The van der Waals surface area contributed by atoms with Gasteiger partial charge in [-0.15, -0.1) is 0 Å². The molecule has 1 aromatic carbocycles. The highest BCUT2D eigenvalue weighted by atomic mass is 16.5. The number of carbonyl (C=O) groups is 2. The average Bonchev–Trinajstić information content (AvgIpc) is 2.50. The Labute approximate surface area is 124 Å². The van der Waals surface area contributed by atoms with Gasteiger partial charge in [0.05, 0.1) is 0 Å². The maximum absolute atomic E-state index is 12.5. The van der Waals surface area contributed by atoms with Crippen molar-refractivity contribution in [2.45, 2.75) is 6.92 Å². The molecule has 1 fully saturated rings. The number of amides is 2. The molecule has 1 saturated heterocycles. The van der Waals surface area contributed by atoms with Gasteiger partial charge in [0.1, 0.15) is 6.61 Å². The maximum Gasteiger partial charge on any atom is 0.254 e. The predicted molar refractivity (Wildman–Crippen MR) is 80.0 cm³/mol. The molecule has 6 nitrogen and oxygen atoms in total. The summed E-state index contributed by atoms with van der Waals surface area (Å²) in [5, 5.41) is 0. The van der Waals surface area contributed by atoms with Crippen molar-refractivity contribution in [1.29, 1.82) is 0 Å². The second-order valence-corrected chi connectivity index (χ2v) is 5.13. The molecule has 1 heterocycles. The van der Waals surface area contributed by atoms with Crippen molar-refractivity contribution in [3.8, 4) is 0 Å². The standard InChI is InChI=1S/C15H21N3O3/c1-11-12(4-3-5-13(11)16)15(20)18-8-6-17(7-9-18)14(19)10-21-2/h3-5H,6-10,16H2,1-2H3. The first-order chi connectivity index (χ1) is 10.0. The number of anilines is 1. The van der Waals surface area contributed by atoms with Gasteiger partial charge in [-0.05, 0) is 24.6 Å². The van der Waals surface area contributed by atoms with Gasteiger partial charge in [-0.3, -0.25) is 9.59 Å². The van der Waals surface area contributed by atoms with E-state index >= 15 is 0 Å². The Kier molecular flexibility index (Phi) is 4.80. The van der Waals surface area contributed by atoms with Gasteiger partial charge in [0.15, 0.2) is 0 Å². The quantitative estimate of drug-likeness (QED) is 0.823. The first-order valence-electron chi connectivity index (χ1n) is 6.95. The van der Waals surface area contributed by atoms with Gasteiger partial charge in [-0.2, -0.15) is 0 Å². The van der Waals surface area contributed by atoms with E-state index in [1.807, 2.05) is 6.92 Å². The molecule has 21 heavy (non-hydrogen) atoms. The zero-order valence-corrected chi connectivity index (χ0v) is 12.5. The van der Waals surface area contributed by atoms with Crippen molar-refractivity contribution in [1.82, 2.24) is 9.80 Å². The number of hydrogen-bond acceptors (Lipinski definition) is 4. The number of piperazine rings is 1. The second kappa shape index (κ2) is 6.58. The number of nitrogen functional groups attached to an aromatic ring is 1. The summed E-state index contributed by atoms with van der Waals surface area (Å²) in [5.74, 6) is -0.0663. The molecule has 6 heteroatoms. The van der Waals surface area contributed by atoms with E-state index in [0.717, 1.165) is 5.56 Å². The van der Waals surface area contributed by atoms with Gasteiger partial charge >= 0.3 is 0 Å². The molecule has 2 N–H and O–H groups in total. The Bertz CT molecular complexity index is 537. The number of nitrogens with zero attached hydrogens (tertiary/aromatic N) is 2. The van der Waals surface area contributed by atoms with Crippen LogP contribution in [-0.4, -0.2) is 61.5 Å². The normalized spacial score (nSPS) is 15.1. The summed E-state index contributed by atoms with van der Waals surface area (Å²) in [6, 6.07) is 5.36. The van der Waals surface area contributed by atoms with Crippen LogP contribution in [-0.2, 0) is 9.53 Å². The van der Waals surface area contributed by atoms with Crippen LogP contribution in [0.4, 0.5) is 5.69 Å². The van der Waals surface area contributed by atoms with Gasteiger partial charge in [-0.1, -0.05) is 6.07 Å². The minimum atomic E-state index is -0.0373. The number of carbonyl (C=O) groups excluding carboxylic acids is 2. The average molecular weight is 291 g/mol. The van der Waals surface area contributed by atoms with Crippen molar-refractivity contribution in [3.05, 3.63) is 29.3 Å². The van der Waals surface area contributed by atoms with Gasteiger partial charge in [0.25, 0.3) is 5.91 Å². The molecule has 0 atom stereocenters. The molecule has 0 radical (unpaired) electrons. The van der Waals surface area contributed by atoms with Gasteiger partial charge in [-0.25, -0.2) is 0 Å². The summed E-state index contributed by atoms with van der Waals surface area (Å²) in [4.78, 5) is 27.7. The SMILES string of the molecule is COCC(=O)N1CCN(C(=O)c2cccc(N)c2C)CC1. The van der Waals surface area contributed by atoms with Gasteiger partial charge in [0.2, 0.25) is 5.91 Å². The van der Waals surface area contributed by atoms with Crippen LogP contribution < -0.4 is 5.73 Å². The van der Waals surface area contributed by atoms with E-state index in [-0.39, 0.29) is 18.4 Å². The number of rotatable bonds is 3. The first kappa shape index (κ1) is 15.3. The minimum absolute atomic E-state index is 0.0290. The predicted octanol–water partition coefficient (Wildman–Crippen LogP) is 0.508. The lowest BCUT2D eigenvalue weighted by molar-refractivity contribution is -0.136. The highest BCUT2D eigenvalue weighted by Crippen LogP contribution is 2.18. The van der Waals surface area contributed by atoms with E-state index in [4.69, 9.17) is 10.5 Å². The summed E-state index contributed by atoms with van der Waals surface area (Å²) < 4.78 is 4.84. The van der Waals surface area contributed by atoms with Crippen LogP contribution in [0.15, 0.2) is 18.2 Å². The first-order valence-corrected chi connectivity index (χ1v) is 6.95. The lowest BCUT2D eigenvalue weighted by Crippen LogP contribution is -2.51. The Morgan fingerprint density at radius 1 is 1.19 bits per heavy atom. The number of hydrogen-bond donors (Lipinski definition) is 1. The van der Waals surface area contributed by atoms with E-state index in [1.54, 1.807) is 28.0 Å². The molecule has 0 unspecified atom stereocenters. The number of ether oxygens (including phenoxy) is 1. The van der Waals surface area contributed by atoms with E-state index < -0.39 is 0 Å². The van der Waals surface area contributed by atoms with Crippen LogP contribution in [0.5, 0.6) is 0 Å². The van der Waals surface area contributed by atoms with Gasteiger partial charge < -0.3 is 20.3 Å². The highest BCUT2D eigenvalue weighted by Gasteiger charge is 2.25. The molecule has 1 aliphatic heterocycles. The van der Waals surface area contributed by atoms with Crippen molar-refractivity contribution < 1.29 is 14.3 Å². The van der Waals surface area contributed by atoms with E-state index in [0.29, 0.717) is 37.4 Å². The summed E-state index contributed by atoms with van der Waals surface area (Å²) in [6.45, 7) is 4.07.